The first-order valence-corrected chi connectivity index (χ1v) is 14.9. The first-order valence-electron chi connectivity index (χ1n) is 13.3. The Morgan fingerprint density at radius 3 is 0.805 bits per heavy atom. The summed E-state index contributed by atoms with van der Waals surface area (Å²) in [6.07, 6.45) is 0. The molecule has 0 spiro atoms. The molecule has 0 aliphatic rings. The second kappa shape index (κ2) is 15.3. The Labute approximate surface area is 277 Å². The van der Waals surface area contributed by atoms with E-state index in [1.165, 1.54) is 11.1 Å². The van der Waals surface area contributed by atoms with Crippen molar-refractivity contribution in [2.24, 2.45) is 0 Å². The predicted molar refractivity (Wildman–Crippen MR) is 190 cm³/mol. The summed E-state index contributed by atoms with van der Waals surface area (Å²) >= 11 is 22.0. The van der Waals surface area contributed by atoms with Crippen LogP contribution in [0.4, 0.5) is 0 Å². The SMILES string of the molecule is CC(C)(C)c1ccc(C(=S)C(=S)c2ccccc2)cc1.CC(C)(C)c1ccc(C(=S)C(=S)c2ccccc2)cc1.[Ni]. The van der Waals surface area contributed by atoms with Crippen LogP contribution in [-0.4, -0.2) is 19.5 Å². The Morgan fingerprint density at radius 1 is 0.366 bits per heavy atom. The van der Waals surface area contributed by atoms with E-state index in [1.807, 2.05) is 60.7 Å². The van der Waals surface area contributed by atoms with Crippen molar-refractivity contribution in [1.82, 2.24) is 0 Å². The number of thiocarbonyl (C=S) groups is 4. The van der Waals surface area contributed by atoms with Gasteiger partial charge in [0.15, 0.2) is 0 Å². The molecule has 0 fully saturated rings. The minimum atomic E-state index is 0. The molecule has 41 heavy (non-hydrogen) atoms. The maximum atomic E-state index is 5.52. The fourth-order valence-corrected chi connectivity index (χ4v) is 4.96. The van der Waals surface area contributed by atoms with Crippen molar-refractivity contribution in [2.45, 2.75) is 52.4 Å². The fraction of sp³-hybridized carbons (Fsp3) is 0.222. The third-order valence-corrected chi connectivity index (χ3v) is 8.53. The van der Waals surface area contributed by atoms with Crippen LogP contribution in [0.3, 0.4) is 0 Å². The maximum Gasteiger partial charge on any atom is 0.0636 e. The molecule has 0 N–H and O–H groups in total. The van der Waals surface area contributed by atoms with Gasteiger partial charge in [-0.1, -0.05) is 200 Å². The van der Waals surface area contributed by atoms with E-state index >= 15 is 0 Å². The predicted octanol–water partition coefficient (Wildman–Crippen LogP) is 10.2. The van der Waals surface area contributed by atoms with Crippen LogP contribution in [0, 0.1) is 0 Å². The topological polar surface area (TPSA) is 0 Å². The Kier molecular flexibility index (Phi) is 13.0. The molecule has 4 aromatic carbocycles. The summed E-state index contributed by atoms with van der Waals surface area (Å²) in [7, 11) is 0. The van der Waals surface area contributed by atoms with Crippen molar-refractivity contribution in [2.75, 3.05) is 0 Å². The van der Waals surface area contributed by atoms with Crippen molar-refractivity contribution in [3.8, 4) is 0 Å². The third-order valence-electron chi connectivity index (χ3n) is 6.51. The summed E-state index contributed by atoms with van der Waals surface area (Å²) in [5.41, 5.74) is 6.95. The zero-order valence-corrected chi connectivity index (χ0v) is 28.6. The summed E-state index contributed by atoms with van der Waals surface area (Å²) in [5, 5.41) is 0. The second-order valence-corrected chi connectivity index (χ2v) is 13.3. The maximum absolute atomic E-state index is 5.52. The molecule has 0 aliphatic carbocycles. The van der Waals surface area contributed by atoms with Gasteiger partial charge >= 0.3 is 0 Å². The largest absolute Gasteiger partial charge is 0.0778 e. The summed E-state index contributed by atoms with van der Waals surface area (Å²) in [6.45, 7) is 13.2. The number of rotatable bonds is 6. The van der Waals surface area contributed by atoms with Crippen LogP contribution in [0.5, 0.6) is 0 Å². The first kappa shape index (κ1) is 34.9. The number of benzene rings is 4. The molecule has 5 heteroatoms. The van der Waals surface area contributed by atoms with E-state index < -0.39 is 0 Å². The average molecular weight is 656 g/mol. The van der Waals surface area contributed by atoms with Crippen molar-refractivity contribution >= 4 is 68.3 Å². The van der Waals surface area contributed by atoms with Crippen LogP contribution in [0.25, 0.3) is 0 Å². The van der Waals surface area contributed by atoms with Crippen LogP contribution in [-0.2, 0) is 27.3 Å². The van der Waals surface area contributed by atoms with Gasteiger partial charge in [-0.2, -0.15) is 0 Å². The van der Waals surface area contributed by atoms with E-state index in [9.17, 15) is 0 Å². The molecule has 0 saturated carbocycles. The fourth-order valence-electron chi connectivity index (χ4n) is 3.95. The molecule has 0 unspecified atom stereocenters. The van der Waals surface area contributed by atoms with Crippen molar-refractivity contribution in [1.29, 1.82) is 0 Å². The van der Waals surface area contributed by atoms with Crippen LogP contribution in [0.2, 0.25) is 0 Å². The molecule has 0 saturated heterocycles. The molecule has 4 rings (SSSR count). The number of hydrogen-bond donors (Lipinski definition) is 0. The van der Waals surface area contributed by atoms with Crippen LogP contribution in [0.15, 0.2) is 109 Å². The van der Waals surface area contributed by atoms with Gasteiger partial charge in [0.05, 0.1) is 19.5 Å². The molecule has 0 aliphatic heterocycles. The Morgan fingerprint density at radius 2 is 0.585 bits per heavy atom. The van der Waals surface area contributed by atoms with Gasteiger partial charge in [0.2, 0.25) is 0 Å². The van der Waals surface area contributed by atoms with E-state index in [0.717, 1.165) is 41.7 Å². The summed E-state index contributed by atoms with van der Waals surface area (Å²) in [4.78, 5) is 2.96. The summed E-state index contributed by atoms with van der Waals surface area (Å²) < 4.78 is 0. The minimum absolute atomic E-state index is 0. The third kappa shape index (κ3) is 9.91. The van der Waals surface area contributed by atoms with E-state index in [1.54, 1.807) is 0 Å². The van der Waals surface area contributed by atoms with E-state index in [0.29, 0.717) is 0 Å². The Bertz CT molecular complexity index is 1360. The number of hydrogen-bond acceptors (Lipinski definition) is 4. The molecule has 0 atom stereocenters. The van der Waals surface area contributed by atoms with Crippen molar-refractivity contribution in [3.05, 3.63) is 143 Å². The van der Waals surface area contributed by atoms with Gasteiger partial charge in [0, 0.05) is 16.5 Å². The van der Waals surface area contributed by atoms with Gasteiger partial charge in [0.25, 0.3) is 0 Å². The molecule has 0 heterocycles. The van der Waals surface area contributed by atoms with E-state index in [-0.39, 0.29) is 27.3 Å². The normalized spacial score (nSPS) is 10.9. The smallest absolute Gasteiger partial charge is 0.0636 e. The standard InChI is InChI=1S/2C18H18S2.Ni/c2*1-18(2,3)15-11-9-14(10-12-15)17(20)16(19)13-7-5-4-6-8-13;/h2*4-12H,1-3H3;. The van der Waals surface area contributed by atoms with Gasteiger partial charge in [-0.05, 0) is 44.2 Å². The Balaban J connectivity index is 0.000000280. The van der Waals surface area contributed by atoms with Gasteiger partial charge < -0.3 is 0 Å². The molecule has 0 amide bonds. The molecule has 4 aromatic rings. The van der Waals surface area contributed by atoms with Gasteiger partial charge in [-0.3, -0.25) is 0 Å². The molecule has 0 radical (unpaired) electrons. The van der Waals surface area contributed by atoms with E-state index in [2.05, 4.69) is 90.1 Å². The quantitative estimate of drug-likeness (QED) is 0.115. The molecule has 0 aromatic heterocycles. The zero-order chi connectivity index (χ0) is 29.5. The monoisotopic (exact) mass is 654 g/mol. The zero-order valence-electron chi connectivity index (χ0n) is 24.3. The summed E-state index contributed by atoms with van der Waals surface area (Å²) in [5.74, 6) is 0. The molecule has 0 nitrogen and oxygen atoms in total. The summed E-state index contributed by atoms with van der Waals surface area (Å²) in [6, 6.07) is 36.7. The molecule has 0 bridgehead atoms. The second-order valence-electron chi connectivity index (χ2n) is 11.7. The first-order chi connectivity index (χ1) is 18.8. The van der Waals surface area contributed by atoms with Crippen molar-refractivity contribution in [3.63, 3.8) is 0 Å². The molecular formula is C36H36NiS4. The van der Waals surface area contributed by atoms with Gasteiger partial charge in [0.1, 0.15) is 0 Å². The minimum Gasteiger partial charge on any atom is -0.0778 e. The van der Waals surface area contributed by atoms with Crippen LogP contribution in [0.1, 0.15) is 74.9 Å². The van der Waals surface area contributed by atoms with Crippen LogP contribution >= 0.6 is 48.9 Å². The van der Waals surface area contributed by atoms with Gasteiger partial charge in [-0.15, -0.1) is 0 Å². The average Bonchev–Trinajstić information content (AvgIpc) is 2.96. The van der Waals surface area contributed by atoms with Crippen molar-refractivity contribution < 1.29 is 16.5 Å². The van der Waals surface area contributed by atoms with Gasteiger partial charge in [-0.25, -0.2) is 0 Å². The van der Waals surface area contributed by atoms with E-state index in [4.69, 9.17) is 48.9 Å². The Hall–Kier alpha value is -2.27. The molecule has 214 valence electrons. The van der Waals surface area contributed by atoms with Crippen LogP contribution < -0.4 is 0 Å². The molecular weight excluding hydrogens is 619 g/mol.